The molecule has 0 bridgehead atoms. The third-order valence-electron chi connectivity index (χ3n) is 5.10. The molecule has 138 valence electrons. The van der Waals surface area contributed by atoms with E-state index in [1.165, 1.54) is 16.7 Å². The number of H-pyrrole nitrogens is 1. The van der Waals surface area contributed by atoms with Crippen LogP contribution in [0.1, 0.15) is 18.4 Å². The molecule has 1 fully saturated rings. The topological polar surface area (TPSA) is 61.0 Å². The van der Waals surface area contributed by atoms with Gasteiger partial charge in [0.15, 0.2) is 5.82 Å². The Morgan fingerprint density at radius 2 is 1.70 bits per heavy atom. The average molecular weight is 360 g/mol. The van der Waals surface area contributed by atoms with Gasteiger partial charge in [-0.15, -0.1) is 0 Å². The molecule has 4 rings (SSSR count). The second-order valence-electron chi connectivity index (χ2n) is 7.02. The summed E-state index contributed by atoms with van der Waals surface area (Å²) in [5.74, 6) is 0.424. The van der Waals surface area contributed by atoms with E-state index in [9.17, 15) is 4.79 Å². The monoisotopic (exact) mass is 360 g/mol. The van der Waals surface area contributed by atoms with Gasteiger partial charge in [0.05, 0.1) is 0 Å². The van der Waals surface area contributed by atoms with Gasteiger partial charge in [-0.3, -0.25) is 9.69 Å². The molecule has 0 spiro atoms. The SMILES string of the molecule is O=c1[nH]ccnc1NC1CCN(Cc2ccc(-c3ccccc3)cc2)CC1. The number of aromatic nitrogens is 2. The minimum Gasteiger partial charge on any atom is -0.363 e. The largest absolute Gasteiger partial charge is 0.363 e. The van der Waals surface area contributed by atoms with E-state index in [4.69, 9.17) is 0 Å². The Bertz CT molecular complexity index is 913. The van der Waals surface area contributed by atoms with Crippen LogP contribution in [0.2, 0.25) is 0 Å². The molecule has 5 nitrogen and oxygen atoms in total. The fourth-order valence-corrected chi connectivity index (χ4v) is 3.57. The van der Waals surface area contributed by atoms with Crippen LogP contribution in [-0.4, -0.2) is 34.0 Å². The molecule has 0 atom stereocenters. The third-order valence-corrected chi connectivity index (χ3v) is 5.10. The van der Waals surface area contributed by atoms with E-state index in [1.807, 2.05) is 6.07 Å². The summed E-state index contributed by atoms with van der Waals surface area (Å²) < 4.78 is 0. The first-order valence-corrected chi connectivity index (χ1v) is 9.45. The van der Waals surface area contributed by atoms with Crippen molar-refractivity contribution in [1.82, 2.24) is 14.9 Å². The Labute approximate surface area is 159 Å². The Morgan fingerprint density at radius 1 is 1.00 bits per heavy atom. The number of anilines is 1. The Balaban J connectivity index is 1.30. The molecule has 1 aliphatic heterocycles. The van der Waals surface area contributed by atoms with Gasteiger partial charge in [0.1, 0.15) is 0 Å². The molecular formula is C22H24N4O. The molecule has 1 aliphatic rings. The van der Waals surface area contributed by atoms with E-state index in [0.717, 1.165) is 32.5 Å². The first kappa shape index (κ1) is 17.5. The van der Waals surface area contributed by atoms with E-state index in [0.29, 0.717) is 11.9 Å². The van der Waals surface area contributed by atoms with E-state index < -0.39 is 0 Å². The maximum Gasteiger partial charge on any atom is 0.290 e. The van der Waals surface area contributed by atoms with Gasteiger partial charge < -0.3 is 10.3 Å². The summed E-state index contributed by atoms with van der Waals surface area (Å²) in [5.41, 5.74) is 3.68. The summed E-state index contributed by atoms with van der Waals surface area (Å²) in [6.07, 6.45) is 5.19. The zero-order valence-electron chi connectivity index (χ0n) is 15.3. The first-order valence-electron chi connectivity index (χ1n) is 9.45. The van der Waals surface area contributed by atoms with Crippen LogP contribution in [0.3, 0.4) is 0 Å². The fourth-order valence-electron chi connectivity index (χ4n) is 3.57. The van der Waals surface area contributed by atoms with E-state index in [1.54, 1.807) is 12.4 Å². The second-order valence-corrected chi connectivity index (χ2v) is 7.02. The highest BCUT2D eigenvalue weighted by atomic mass is 16.1. The van der Waals surface area contributed by atoms with Crippen molar-refractivity contribution in [1.29, 1.82) is 0 Å². The van der Waals surface area contributed by atoms with Crippen LogP contribution in [0.15, 0.2) is 71.8 Å². The van der Waals surface area contributed by atoms with Gasteiger partial charge in [-0.05, 0) is 29.5 Å². The molecule has 27 heavy (non-hydrogen) atoms. The highest BCUT2D eigenvalue weighted by molar-refractivity contribution is 5.63. The molecule has 0 aliphatic carbocycles. The van der Waals surface area contributed by atoms with Crippen molar-refractivity contribution in [2.75, 3.05) is 18.4 Å². The van der Waals surface area contributed by atoms with E-state index >= 15 is 0 Å². The molecule has 3 aromatic rings. The van der Waals surface area contributed by atoms with Crippen LogP contribution in [0, 0.1) is 0 Å². The molecule has 0 saturated carbocycles. The second kappa shape index (κ2) is 8.18. The van der Waals surface area contributed by atoms with Crippen LogP contribution in [0.5, 0.6) is 0 Å². The Hall–Kier alpha value is -2.92. The lowest BCUT2D eigenvalue weighted by atomic mass is 10.0. The highest BCUT2D eigenvalue weighted by Crippen LogP contribution is 2.21. The predicted molar refractivity (Wildman–Crippen MR) is 109 cm³/mol. The number of benzene rings is 2. The molecule has 0 unspecified atom stereocenters. The van der Waals surface area contributed by atoms with Crippen molar-refractivity contribution in [3.8, 4) is 11.1 Å². The number of nitrogens with one attached hydrogen (secondary N) is 2. The molecule has 5 heteroatoms. The van der Waals surface area contributed by atoms with Gasteiger partial charge in [0.2, 0.25) is 0 Å². The van der Waals surface area contributed by atoms with Crippen molar-refractivity contribution in [3.63, 3.8) is 0 Å². The van der Waals surface area contributed by atoms with Crippen molar-refractivity contribution in [2.45, 2.75) is 25.4 Å². The summed E-state index contributed by atoms with van der Waals surface area (Å²) in [6, 6.07) is 19.6. The molecule has 0 radical (unpaired) electrons. The lowest BCUT2D eigenvalue weighted by molar-refractivity contribution is 0.211. The van der Waals surface area contributed by atoms with Crippen LogP contribution >= 0.6 is 0 Å². The van der Waals surface area contributed by atoms with Gasteiger partial charge in [-0.25, -0.2) is 4.98 Å². The van der Waals surface area contributed by atoms with Crippen LogP contribution in [-0.2, 0) is 6.54 Å². The molecule has 0 amide bonds. The van der Waals surface area contributed by atoms with Crippen LogP contribution < -0.4 is 10.9 Å². The summed E-state index contributed by atoms with van der Waals surface area (Å²) in [4.78, 5) is 21.0. The number of likely N-dealkylation sites (tertiary alicyclic amines) is 1. The maximum atomic E-state index is 11.7. The number of hydrogen-bond donors (Lipinski definition) is 2. The van der Waals surface area contributed by atoms with E-state index in [-0.39, 0.29) is 5.56 Å². The minimum absolute atomic E-state index is 0.154. The first-order chi connectivity index (χ1) is 13.3. The molecule has 1 saturated heterocycles. The molecular weight excluding hydrogens is 336 g/mol. The predicted octanol–water partition coefficient (Wildman–Crippen LogP) is 3.51. The lowest BCUT2D eigenvalue weighted by Crippen LogP contribution is -2.39. The van der Waals surface area contributed by atoms with Crippen molar-refractivity contribution < 1.29 is 0 Å². The highest BCUT2D eigenvalue weighted by Gasteiger charge is 2.20. The van der Waals surface area contributed by atoms with Gasteiger partial charge in [-0.1, -0.05) is 54.6 Å². The fraction of sp³-hybridized carbons (Fsp3) is 0.273. The van der Waals surface area contributed by atoms with Gasteiger partial charge in [0.25, 0.3) is 5.56 Å². The summed E-state index contributed by atoms with van der Waals surface area (Å²) in [7, 11) is 0. The van der Waals surface area contributed by atoms with Crippen LogP contribution in [0.4, 0.5) is 5.82 Å². The van der Waals surface area contributed by atoms with Gasteiger partial charge >= 0.3 is 0 Å². The average Bonchev–Trinajstić information content (AvgIpc) is 2.72. The normalized spacial score (nSPS) is 15.6. The number of nitrogens with zero attached hydrogens (tertiary/aromatic N) is 2. The molecule has 2 heterocycles. The smallest absolute Gasteiger partial charge is 0.290 e. The molecule has 2 aromatic carbocycles. The number of rotatable bonds is 5. The number of aromatic amines is 1. The quantitative estimate of drug-likeness (QED) is 0.731. The lowest BCUT2D eigenvalue weighted by Gasteiger charge is -2.32. The Morgan fingerprint density at radius 3 is 2.41 bits per heavy atom. The van der Waals surface area contributed by atoms with Crippen molar-refractivity contribution in [2.24, 2.45) is 0 Å². The zero-order valence-corrected chi connectivity index (χ0v) is 15.3. The summed E-state index contributed by atoms with van der Waals surface area (Å²) in [6.45, 7) is 3.00. The van der Waals surface area contributed by atoms with Crippen molar-refractivity contribution in [3.05, 3.63) is 82.9 Å². The summed E-state index contributed by atoms with van der Waals surface area (Å²) >= 11 is 0. The van der Waals surface area contributed by atoms with Crippen LogP contribution in [0.25, 0.3) is 11.1 Å². The molecule has 2 N–H and O–H groups in total. The standard InChI is InChI=1S/C22H24N4O/c27-22-21(23-12-13-24-22)25-20-10-14-26(15-11-20)16-17-6-8-19(9-7-17)18-4-2-1-3-5-18/h1-9,12-13,20H,10-11,14-16H2,(H,23,25)(H,24,27). The maximum absolute atomic E-state index is 11.7. The molecule has 1 aromatic heterocycles. The minimum atomic E-state index is -0.154. The van der Waals surface area contributed by atoms with Gasteiger partial charge in [0, 0.05) is 38.1 Å². The number of hydrogen-bond acceptors (Lipinski definition) is 4. The van der Waals surface area contributed by atoms with Gasteiger partial charge in [-0.2, -0.15) is 0 Å². The Kier molecular flexibility index (Phi) is 5.30. The summed E-state index contributed by atoms with van der Waals surface area (Å²) in [5, 5.41) is 3.28. The van der Waals surface area contributed by atoms with Crippen molar-refractivity contribution >= 4 is 5.82 Å². The zero-order chi connectivity index (χ0) is 18.5. The number of piperidine rings is 1. The third kappa shape index (κ3) is 4.44. The van der Waals surface area contributed by atoms with E-state index in [2.05, 4.69) is 68.7 Å².